The SMILES string of the molecule is CCOC(=O)C(NC(=O)c1ccc(OC)cc1)(Nc1ccccc1C)C(F)(F)F. The molecule has 0 saturated carbocycles. The predicted octanol–water partition coefficient (Wildman–Crippen LogP) is 3.67. The molecule has 29 heavy (non-hydrogen) atoms. The van der Waals surface area contributed by atoms with E-state index in [1.54, 1.807) is 24.4 Å². The number of hydrogen-bond donors (Lipinski definition) is 2. The quantitative estimate of drug-likeness (QED) is 0.538. The van der Waals surface area contributed by atoms with Crippen LogP contribution >= 0.6 is 0 Å². The van der Waals surface area contributed by atoms with Crippen LogP contribution in [-0.4, -0.2) is 37.4 Å². The number of esters is 1. The van der Waals surface area contributed by atoms with Crippen LogP contribution in [0.2, 0.25) is 0 Å². The Bertz CT molecular complexity index is 869. The van der Waals surface area contributed by atoms with Crippen LogP contribution in [0.15, 0.2) is 48.5 Å². The van der Waals surface area contributed by atoms with E-state index in [2.05, 4.69) is 10.1 Å². The maximum Gasteiger partial charge on any atom is 0.441 e. The number of aryl methyl sites for hydroxylation is 1. The van der Waals surface area contributed by atoms with Crippen molar-refractivity contribution < 1.29 is 32.2 Å². The molecular weight excluding hydrogens is 389 g/mol. The van der Waals surface area contributed by atoms with Gasteiger partial charge in [-0.3, -0.25) is 4.79 Å². The molecule has 6 nitrogen and oxygen atoms in total. The highest BCUT2D eigenvalue weighted by molar-refractivity contribution is 5.99. The number of hydrogen-bond acceptors (Lipinski definition) is 5. The van der Waals surface area contributed by atoms with Crippen LogP contribution in [0.25, 0.3) is 0 Å². The lowest BCUT2D eigenvalue weighted by molar-refractivity contribution is -0.204. The van der Waals surface area contributed by atoms with Crippen molar-refractivity contribution in [2.45, 2.75) is 25.7 Å². The Balaban J connectivity index is 2.50. The molecule has 0 saturated heterocycles. The fraction of sp³-hybridized carbons (Fsp3) is 0.300. The molecule has 0 aromatic heterocycles. The molecule has 0 heterocycles. The van der Waals surface area contributed by atoms with Crippen LogP contribution in [0.3, 0.4) is 0 Å². The van der Waals surface area contributed by atoms with E-state index in [1.807, 2.05) is 0 Å². The van der Waals surface area contributed by atoms with Gasteiger partial charge < -0.3 is 20.1 Å². The lowest BCUT2D eigenvalue weighted by atomic mass is 10.1. The van der Waals surface area contributed by atoms with Gasteiger partial charge in [-0.05, 0) is 49.7 Å². The largest absolute Gasteiger partial charge is 0.497 e. The Labute approximate surface area is 166 Å². The summed E-state index contributed by atoms with van der Waals surface area (Å²) < 4.78 is 52.1. The summed E-state index contributed by atoms with van der Waals surface area (Å²) in [4.78, 5) is 25.0. The molecular formula is C20H21F3N2O4. The van der Waals surface area contributed by atoms with Gasteiger partial charge >= 0.3 is 17.8 Å². The first-order chi connectivity index (χ1) is 13.6. The van der Waals surface area contributed by atoms with Crippen LogP contribution in [0, 0.1) is 6.92 Å². The van der Waals surface area contributed by atoms with Gasteiger partial charge in [0.05, 0.1) is 13.7 Å². The highest BCUT2D eigenvalue weighted by Gasteiger charge is 2.63. The molecule has 0 aliphatic rings. The van der Waals surface area contributed by atoms with E-state index in [0.717, 1.165) is 0 Å². The Hall–Kier alpha value is -3.23. The zero-order valence-electron chi connectivity index (χ0n) is 16.1. The van der Waals surface area contributed by atoms with E-state index in [4.69, 9.17) is 4.74 Å². The van der Waals surface area contributed by atoms with Crippen LogP contribution < -0.4 is 15.4 Å². The van der Waals surface area contributed by atoms with Crippen molar-refractivity contribution in [2.24, 2.45) is 0 Å². The van der Waals surface area contributed by atoms with Gasteiger partial charge in [0.2, 0.25) is 0 Å². The maximum atomic E-state index is 14.2. The fourth-order valence-corrected chi connectivity index (χ4v) is 2.53. The van der Waals surface area contributed by atoms with Crippen molar-refractivity contribution >= 4 is 17.6 Å². The number of halogens is 3. The molecule has 0 aliphatic heterocycles. The van der Waals surface area contributed by atoms with E-state index >= 15 is 0 Å². The number of carbonyl (C=O) groups excluding carboxylic acids is 2. The van der Waals surface area contributed by atoms with E-state index < -0.39 is 23.7 Å². The molecule has 9 heteroatoms. The molecule has 2 aromatic carbocycles. The summed E-state index contributed by atoms with van der Waals surface area (Å²) in [5.41, 5.74) is -3.10. The van der Waals surface area contributed by atoms with E-state index in [-0.39, 0.29) is 17.9 Å². The maximum absolute atomic E-state index is 14.2. The zero-order chi connectivity index (χ0) is 21.7. The van der Waals surface area contributed by atoms with Crippen LogP contribution in [-0.2, 0) is 9.53 Å². The second-order valence-electron chi connectivity index (χ2n) is 6.09. The number of para-hydroxylation sites is 1. The Morgan fingerprint density at radius 3 is 2.17 bits per heavy atom. The van der Waals surface area contributed by atoms with Crippen molar-refractivity contribution in [2.75, 3.05) is 19.0 Å². The molecule has 2 N–H and O–H groups in total. The van der Waals surface area contributed by atoms with Gasteiger partial charge in [-0.15, -0.1) is 0 Å². The number of rotatable bonds is 7. The Morgan fingerprint density at radius 1 is 1.03 bits per heavy atom. The minimum Gasteiger partial charge on any atom is -0.497 e. The number of anilines is 1. The lowest BCUT2D eigenvalue weighted by Crippen LogP contribution is -2.69. The van der Waals surface area contributed by atoms with Crippen molar-refractivity contribution in [1.82, 2.24) is 5.32 Å². The second-order valence-corrected chi connectivity index (χ2v) is 6.09. The second kappa shape index (κ2) is 8.85. The van der Waals surface area contributed by atoms with E-state index in [0.29, 0.717) is 11.3 Å². The molecule has 1 amide bonds. The molecule has 1 unspecified atom stereocenters. The molecule has 2 aromatic rings. The van der Waals surface area contributed by atoms with Gasteiger partial charge in [0, 0.05) is 11.3 Å². The summed E-state index contributed by atoms with van der Waals surface area (Å²) in [6.45, 7) is 2.64. The fourth-order valence-electron chi connectivity index (χ4n) is 2.53. The number of alkyl halides is 3. The topological polar surface area (TPSA) is 76.7 Å². The van der Waals surface area contributed by atoms with Crippen LogP contribution in [0.1, 0.15) is 22.8 Å². The third-order valence-electron chi connectivity index (χ3n) is 4.13. The zero-order valence-corrected chi connectivity index (χ0v) is 16.1. The van der Waals surface area contributed by atoms with Gasteiger partial charge in [0.25, 0.3) is 5.91 Å². The summed E-state index contributed by atoms with van der Waals surface area (Å²) in [5, 5.41) is 3.95. The standard InChI is InChI=1S/C20H21F3N2O4/c1-4-29-18(27)19(20(21,22)23,24-16-8-6-5-7-13(16)2)25-17(26)14-9-11-15(28-3)12-10-14/h5-12,24H,4H2,1-3H3,(H,25,26). The van der Waals surface area contributed by atoms with Gasteiger partial charge in [0.15, 0.2) is 0 Å². The lowest BCUT2D eigenvalue weighted by Gasteiger charge is -2.35. The summed E-state index contributed by atoms with van der Waals surface area (Å²) in [6, 6.07) is 11.5. The smallest absolute Gasteiger partial charge is 0.441 e. The van der Waals surface area contributed by atoms with Crippen molar-refractivity contribution in [3.05, 3.63) is 59.7 Å². The van der Waals surface area contributed by atoms with Crippen molar-refractivity contribution in [3.63, 3.8) is 0 Å². The average Bonchev–Trinajstić information content (AvgIpc) is 2.68. The third-order valence-corrected chi connectivity index (χ3v) is 4.13. The molecule has 1 atom stereocenters. The van der Waals surface area contributed by atoms with E-state index in [9.17, 15) is 22.8 Å². The summed E-state index contributed by atoms with van der Waals surface area (Å²) >= 11 is 0. The van der Waals surface area contributed by atoms with Gasteiger partial charge in [-0.2, -0.15) is 13.2 Å². The third kappa shape index (κ3) is 4.79. The van der Waals surface area contributed by atoms with Gasteiger partial charge in [-0.1, -0.05) is 18.2 Å². The van der Waals surface area contributed by atoms with E-state index in [1.165, 1.54) is 50.4 Å². The number of nitrogens with one attached hydrogen (secondary N) is 2. The minimum absolute atomic E-state index is 0.0212. The van der Waals surface area contributed by atoms with Gasteiger partial charge in [-0.25, -0.2) is 4.79 Å². The normalized spacial score (nSPS) is 13.2. The highest BCUT2D eigenvalue weighted by atomic mass is 19.4. The highest BCUT2D eigenvalue weighted by Crippen LogP contribution is 2.34. The monoisotopic (exact) mass is 410 g/mol. The van der Waals surface area contributed by atoms with Crippen LogP contribution in [0.4, 0.5) is 18.9 Å². The predicted molar refractivity (Wildman–Crippen MR) is 101 cm³/mol. The molecule has 0 spiro atoms. The van der Waals surface area contributed by atoms with Gasteiger partial charge in [0.1, 0.15) is 5.75 Å². The molecule has 0 bridgehead atoms. The number of benzene rings is 2. The molecule has 2 rings (SSSR count). The first kappa shape index (κ1) is 22.1. The average molecular weight is 410 g/mol. The summed E-state index contributed by atoms with van der Waals surface area (Å²) in [7, 11) is 1.41. The molecule has 0 aliphatic carbocycles. The number of methoxy groups -OCH3 is 1. The Kier molecular flexibility index (Phi) is 6.73. The Morgan fingerprint density at radius 2 is 1.66 bits per heavy atom. The first-order valence-corrected chi connectivity index (χ1v) is 8.69. The number of amides is 1. The summed E-state index contributed by atoms with van der Waals surface area (Å²) in [5.74, 6) is -2.36. The molecule has 0 radical (unpaired) electrons. The molecule has 0 fully saturated rings. The minimum atomic E-state index is -5.20. The summed E-state index contributed by atoms with van der Waals surface area (Å²) in [6.07, 6.45) is -5.20. The first-order valence-electron chi connectivity index (χ1n) is 8.69. The van der Waals surface area contributed by atoms with Crippen molar-refractivity contribution in [3.8, 4) is 5.75 Å². The number of ether oxygens (including phenoxy) is 2. The van der Waals surface area contributed by atoms with Crippen LogP contribution in [0.5, 0.6) is 5.75 Å². The van der Waals surface area contributed by atoms with Crippen molar-refractivity contribution in [1.29, 1.82) is 0 Å². The number of carbonyl (C=O) groups is 2. The molecule has 156 valence electrons.